The SMILES string of the molecule is Cc1ccc(C(=O)CN(C)CCN(C)C)s1. The number of rotatable bonds is 6. The molecule has 0 spiro atoms. The minimum absolute atomic E-state index is 0.222. The Morgan fingerprint density at radius 2 is 1.94 bits per heavy atom. The van der Waals surface area contributed by atoms with Gasteiger partial charge in [0.05, 0.1) is 11.4 Å². The first-order valence-corrected chi connectivity index (χ1v) is 6.23. The molecule has 0 radical (unpaired) electrons. The van der Waals surface area contributed by atoms with Crippen LogP contribution in [0.25, 0.3) is 0 Å². The predicted octanol–water partition coefficient (Wildman–Crippen LogP) is 1.73. The number of aryl methyl sites for hydroxylation is 1. The van der Waals surface area contributed by atoms with Crippen LogP contribution in [0.5, 0.6) is 0 Å². The van der Waals surface area contributed by atoms with Crippen LogP contribution in [-0.4, -0.2) is 56.4 Å². The number of hydrogen-bond donors (Lipinski definition) is 0. The number of nitrogens with zero attached hydrogens (tertiary/aromatic N) is 2. The molecule has 90 valence electrons. The van der Waals surface area contributed by atoms with E-state index in [2.05, 4.69) is 9.80 Å². The Morgan fingerprint density at radius 1 is 1.25 bits per heavy atom. The molecular weight excluding hydrogens is 220 g/mol. The zero-order chi connectivity index (χ0) is 12.1. The third-order valence-electron chi connectivity index (χ3n) is 2.36. The summed E-state index contributed by atoms with van der Waals surface area (Å²) in [5.41, 5.74) is 0. The van der Waals surface area contributed by atoms with Crippen molar-refractivity contribution in [3.05, 3.63) is 21.9 Å². The molecule has 0 N–H and O–H groups in total. The van der Waals surface area contributed by atoms with E-state index in [4.69, 9.17) is 0 Å². The molecule has 0 unspecified atom stereocenters. The second kappa shape index (κ2) is 6.13. The quantitative estimate of drug-likeness (QED) is 0.708. The van der Waals surface area contributed by atoms with E-state index in [-0.39, 0.29) is 5.78 Å². The molecular formula is C12H20N2OS. The molecule has 1 aromatic heterocycles. The van der Waals surface area contributed by atoms with Gasteiger partial charge in [-0.2, -0.15) is 0 Å². The average molecular weight is 240 g/mol. The van der Waals surface area contributed by atoms with Crippen LogP contribution in [0, 0.1) is 6.92 Å². The first-order valence-electron chi connectivity index (χ1n) is 5.42. The summed E-state index contributed by atoms with van der Waals surface area (Å²) in [7, 11) is 6.07. The van der Waals surface area contributed by atoms with Gasteiger partial charge in [0.1, 0.15) is 0 Å². The van der Waals surface area contributed by atoms with Crippen LogP contribution < -0.4 is 0 Å². The standard InChI is InChI=1S/C12H20N2OS/c1-10-5-6-12(16-10)11(15)9-14(4)8-7-13(2)3/h5-6H,7-9H2,1-4H3. The van der Waals surface area contributed by atoms with Gasteiger partial charge in [-0.1, -0.05) is 0 Å². The van der Waals surface area contributed by atoms with Gasteiger partial charge in [0.15, 0.2) is 5.78 Å². The number of thiophene rings is 1. The van der Waals surface area contributed by atoms with Crippen molar-refractivity contribution >= 4 is 17.1 Å². The van der Waals surface area contributed by atoms with Crippen LogP contribution in [-0.2, 0) is 0 Å². The van der Waals surface area contributed by atoms with Gasteiger partial charge < -0.3 is 4.90 Å². The van der Waals surface area contributed by atoms with E-state index in [1.807, 2.05) is 40.2 Å². The maximum atomic E-state index is 11.9. The van der Waals surface area contributed by atoms with Gasteiger partial charge in [-0.05, 0) is 40.2 Å². The first kappa shape index (κ1) is 13.4. The van der Waals surface area contributed by atoms with Crippen molar-refractivity contribution in [2.24, 2.45) is 0 Å². The number of carbonyl (C=O) groups is 1. The molecule has 0 fully saturated rings. The highest BCUT2D eigenvalue weighted by atomic mass is 32.1. The lowest BCUT2D eigenvalue weighted by atomic mass is 10.3. The van der Waals surface area contributed by atoms with Crippen molar-refractivity contribution in [3.8, 4) is 0 Å². The van der Waals surface area contributed by atoms with Gasteiger partial charge in [-0.15, -0.1) is 11.3 Å². The highest BCUT2D eigenvalue weighted by Gasteiger charge is 2.10. The molecule has 0 saturated heterocycles. The molecule has 0 aliphatic carbocycles. The maximum Gasteiger partial charge on any atom is 0.186 e. The summed E-state index contributed by atoms with van der Waals surface area (Å²) in [5, 5.41) is 0. The van der Waals surface area contributed by atoms with Crippen LogP contribution in [0.3, 0.4) is 0 Å². The fourth-order valence-electron chi connectivity index (χ4n) is 1.36. The molecule has 0 atom stereocenters. The van der Waals surface area contributed by atoms with Gasteiger partial charge in [0, 0.05) is 18.0 Å². The van der Waals surface area contributed by atoms with Crippen molar-refractivity contribution in [1.82, 2.24) is 9.80 Å². The number of ketones is 1. The van der Waals surface area contributed by atoms with Crippen LogP contribution in [0.2, 0.25) is 0 Å². The molecule has 1 aromatic rings. The summed E-state index contributed by atoms with van der Waals surface area (Å²) in [4.78, 5) is 18.1. The smallest absolute Gasteiger partial charge is 0.186 e. The first-order chi connectivity index (χ1) is 7.49. The molecule has 1 heterocycles. The summed E-state index contributed by atoms with van der Waals surface area (Å²) in [6.45, 7) is 4.43. The Morgan fingerprint density at radius 3 is 2.44 bits per heavy atom. The molecule has 0 aliphatic heterocycles. The lowest BCUT2D eigenvalue weighted by Crippen LogP contribution is -2.32. The Hall–Kier alpha value is -0.710. The van der Waals surface area contributed by atoms with E-state index < -0.39 is 0 Å². The van der Waals surface area contributed by atoms with E-state index in [1.54, 1.807) is 11.3 Å². The van der Waals surface area contributed by atoms with E-state index in [0.717, 1.165) is 18.0 Å². The topological polar surface area (TPSA) is 23.6 Å². The Kier molecular flexibility index (Phi) is 5.12. The molecule has 0 aliphatic rings. The van der Waals surface area contributed by atoms with Crippen LogP contribution >= 0.6 is 11.3 Å². The van der Waals surface area contributed by atoms with Gasteiger partial charge in [-0.3, -0.25) is 9.69 Å². The normalized spacial score (nSPS) is 11.4. The van der Waals surface area contributed by atoms with Gasteiger partial charge in [0.2, 0.25) is 0 Å². The summed E-state index contributed by atoms with van der Waals surface area (Å²) in [6.07, 6.45) is 0. The minimum atomic E-state index is 0.222. The average Bonchev–Trinajstić information content (AvgIpc) is 2.62. The second-order valence-electron chi connectivity index (χ2n) is 4.37. The summed E-state index contributed by atoms with van der Waals surface area (Å²) >= 11 is 1.58. The largest absolute Gasteiger partial charge is 0.308 e. The monoisotopic (exact) mass is 240 g/mol. The number of hydrogen-bond acceptors (Lipinski definition) is 4. The fraction of sp³-hybridized carbons (Fsp3) is 0.583. The van der Waals surface area contributed by atoms with Gasteiger partial charge in [-0.25, -0.2) is 0 Å². The summed E-state index contributed by atoms with van der Waals surface area (Å²) in [6, 6.07) is 3.92. The van der Waals surface area contributed by atoms with E-state index >= 15 is 0 Å². The van der Waals surface area contributed by atoms with E-state index in [9.17, 15) is 4.79 Å². The summed E-state index contributed by atoms with van der Waals surface area (Å²) in [5.74, 6) is 0.222. The van der Waals surface area contributed by atoms with Crippen molar-refractivity contribution in [2.45, 2.75) is 6.92 Å². The third kappa shape index (κ3) is 4.43. The lowest BCUT2D eigenvalue weighted by molar-refractivity contribution is 0.0946. The molecule has 0 amide bonds. The zero-order valence-corrected chi connectivity index (χ0v) is 11.3. The zero-order valence-electron chi connectivity index (χ0n) is 10.5. The molecule has 0 saturated carbocycles. The van der Waals surface area contributed by atoms with Gasteiger partial charge >= 0.3 is 0 Å². The van der Waals surface area contributed by atoms with Crippen molar-refractivity contribution in [2.75, 3.05) is 40.8 Å². The maximum absolute atomic E-state index is 11.9. The highest BCUT2D eigenvalue weighted by molar-refractivity contribution is 7.14. The van der Waals surface area contributed by atoms with E-state index in [0.29, 0.717) is 6.54 Å². The second-order valence-corrected chi connectivity index (χ2v) is 5.66. The molecule has 1 rings (SSSR count). The number of Topliss-reactive ketones (excluding diaryl/α,β-unsaturated/α-hetero) is 1. The molecule has 0 aromatic carbocycles. The number of likely N-dealkylation sites (N-methyl/N-ethyl adjacent to an activating group) is 2. The van der Waals surface area contributed by atoms with Crippen molar-refractivity contribution in [1.29, 1.82) is 0 Å². The number of carbonyl (C=O) groups excluding carboxylic acids is 1. The molecule has 0 bridgehead atoms. The third-order valence-corrected chi connectivity index (χ3v) is 3.40. The minimum Gasteiger partial charge on any atom is -0.308 e. The Bertz CT molecular complexity index is 347. The highest BCUT2D eigenvalue weighted by Crippen LogP contribution is 2.15. The molecule has 3 nitrogen and oxygen atoms in total. The van der Waals surface area contributed by atoms with Crippen LogP contribution in [0.15, 0.2) is 12.1 Å². The molecule has 4 heteroatoms. The van der Waals surface area contributed by atoms with Gasteiger partial charge in [0.25, 0.3) is 0 Å². The Balaban J connectivity index is 2.39. The lowest BCUT2D eigenvalue weighted by Gasteiger charge is -2.18. The van der Waals surface area contributed by atoms with Crippen LogP contribution in [0.1, 0.15) is 14.5 Å². The van der Waals surface area contributed by atoms with Crippen molar-refractivity contribution < 1.29 is 4.79 Å². The molecule has 16 heavy (non-hydrogen) atoms. The Labute approximate surface area is 102 Å². The summed E-state index contributed by atoms with van der Waals surface area (Å²) < 4.78 is 0. The fourth-order valence-corrected chi connectivity index (χ4v) is 2.15. The predicted molar refractivity (Wildman–Crippen MR) is 69.4 cm³/mol. The van der Waals surface area contributed by atoms with Crippen molar-refractivity contribution in [3.63, 3.8) is 0 Å². The van der Waals surface area contributed by atoms with E-state index in [1.165, 1.54) is 4.88 Å². The van der Waals surface area contributed by atoms with Crippen LogP contribution in [0.4, 0.5) is 0 Å².